The fourth-order valence-corrected chi connectivity index (χ4v) is 3.36. The van der Waals surface area contributed by atoms with E-state index in [0.717, 1.165) is 26.7 Å². The summed E-state index contributed by atoms with van der Waals surface area (Å²) in [5.74, 6) is 1.54. The van der Waals surface area contributed by atoms with E-state index in [1.807, 2.05) is 29.7 Å². The maximum absolute atomic E-state index is 4.34. The van der Waals surface area contributed by atoms with Gasteiger partial charge in [0, 0.05) is 24.5 Å². The summed E-state index contributed by atoms with van der Waals surface area (Å²) in [6, 6.07) is 3.84. The highest BCUT2D eigenvalue weighted by Gasteiger charge is 2.15. The molecule has 0 atom stereocenters. The van der Waals surface area contributed by atoms with Gasteiger partial charge in [0.05, 0.1) is 0 Å². The van der Waals surface area contributed by atoms with Gasteiger partial charge in [-0.3, -0.25) is 9.55 Å². The van der Waals surface area contributed by atoms with Crippen molar-refractivity contribution in [1.82, 2.24) is 29.1 Å². The first-order valence-electron chi connectivity index (χ1n) is 6.20. The topological polar surface area (TPSA) is 69.4 Å². The van der Waals surface area contributed by atoms with Gasteiger partial charge in [-0.25, -0.2) is 4.98 Å². The summed E-state index contributed by atoms with van der Waals surface area (Å²) < 4.78 is 7.02. The minimum Gasteiger partial charge on any atom is -0.298 e. The molecule has 0 aromatic carbocycles. The van der Waals surface area contributed by atoms with Crippen molar-refractivity contribution in [2.24, 2.45) is 0 Å². The van der Waals surface area contributed by atoms with Crippen molar-refractivity contribution in [2.75, 3.05) is 0 Å². The summed E-state index contributed by atoms with van der Waals surface area (Å²) in [7, 11) is 0. The van der Waals surface area contributed by atoms with Crippen molar-refractivity contribution < 1.29 is 0 Å². The summed E-state index contributed by atoms with van der Waals surface area (Å²) in [6.07, 6.45) is 5.32. The smallest absolute Gasteiger partial charge is 0.198 e. The van der Waals surface area contributed by atoms with Crippen LogP contribution in [0.15, 0.2) is 46.7 Å². The Labute approximate surface area is 130 Å². The van der Waals surface area contributed by atoms with Gasteiger partial charge >= 0.3 is 0 Å². The van der Waals surface area contributed by atoms with E-state index < -0.39 is 0 Å². The van der Waals surface area contributed by atoms with Gasteiger partial charge in [0.1, 0.15) is 5.82 Å². The highest BCUT2D eigenvalue weighted by atomic mass is 32.2. The molecule has 0 aliphatic rings. The van der Waals surface area contributed by atoms with E-state index in [2.05, 4.69) is 31.1 Å². The van der Waals surface area contributed by atoms with E-state index in [0.29, 0.717) is 6.54 Å². The normalized spacial score (nSPS) is 10.7. The lowest BCUT2D eigenvalue weighted by atomic mass is 10.3. The minimum atomic E-state index is 0.622. The molecule has 0 amide bonds. The molecule has 0 aliphatic heterocycles. The molecule has 21 heavy (non-hydrogen) atoms. The summed E-state index contributed by atoms with van der Waals surface area (Å²) in [5.41, 5.74) is 0.923. The largest absolute Gasteiger partial charge is 0.298 e. The number of rotatable bonds is 5. The number of allylic oxidation sites excluding steroid dienone is 1. The van der Waals surface area contributed by atoms with Gasteiger partial charge in [-0.15, -0.1) is 16.8 Å². The Bertz CT molecular complexity index is 749. The van der Waals surface area contributed by atoms with E-state index in [9.17, 15) is 0 Å². The molecule has 0 aliphatic carbocycles. The van der Waals surface area contributed by atoms with Crippen LogP contribution in [-0.4, -0.2) is 29.1 Å². The molecule has 0 bridgehead atoms. The van der Waals surface area contributed by atoms with Gasteiger partial charge in [0.25, 0.3) is 0 Å². The van der Waals surface area contributed by atoms with Crippen molar-refractivity contribution in [3.8, 4) is 11.4 Å². The van der Waals surface area contributed by atoms with Crippen LogP contribution in [0.3, 0.4) is 0 Å². The van der Waals surface area contributed by atoms with Crippen molar-refractivity contribution >= 4 is 23.3 Å². The van der Waals surface area contributed by atoms with Crippen LogP contribution in [0.1, 0.15) is 5.82 Å². The first-order chi connectivity index (χ1) is 10.3. The molecule has 3 heterocycles. The average Bonchev–Trinajstić information content (AvgIpc) is 3.08. The summed E-state index contributed by atoms with van der Waals surface area (Å²) in [4.78, 5) is 8.47. The molecule has 0 saturated heterocycles. The second kappa shape index (κ2) is 6.15. The van der Waals surface area contributed by atoms with Crippen molar-refractivity contribution in [1.29, 1.82) is 0 Å². The van der Waals surface area contributed by atoms with Crippen molar-refractivity contribution in [3.63, 3.8) is 0 Å². The minimum absolute atomic E-state index is 0.622. The maximum Gasteiger partial charge on any atom is 0.198 e. The Hall–Kier alpha value is -2.06. The van der Waals surface area contributed by atoms with E-state index in [-0.39, 0.29) is 0 Å². The number of pyridine rings is 1. The lowest BCUT2D eigenvalue weighted by molar-refractivity contribution is 0.730. The van der Waals surface area contributed by atoms with Gasteiger partial charge in [-0.05, 0) is 42.4 Å². The van der Waals surface area contributed by atoms with E-state index in [1.54, 1.807) is 12.4 Å². The van der Waals surface area contributed by atoms with Crippen molar-refractivity contribution in [3.05, 3.63) is 43.0 Å². The average molecular weight is 316 g/mol. The molecule has 3 rings (SSSR count). The molecule has 3 aromatic heterocycles. The SMILES string of the molecule is C=CCn1c(Sc2nc(C)ns2)nnc1-c1cccnc1. The van der Waals surface area contributed by atoms with Crippen LogP contribution < -0.4 is 0 Å². The lowest BCUT2D eigenvalue weighted by Gasteiger charge is -2.06. The van der Waals surface area contributed by atoms with Gasteiger partial charge < -0.3 is 0 Å². The van der Waals surface area contributed by atoms with Gasteiger partial charge in [0.15, 0.2) is 15.3 Å². The monoisotopic (exact) mass is 316 g/mol. The Morgan fingerprint density at radius 1 is 1.43 bits per heavy atom. The first-order valence-corrected chi connectivity index (χ1v) is 7.79. The summed E-state index contributed by atoms with van der Waals surface area (Å²) in [5, 5.41) is 9.29. The first kappa shape index (κ1) is 13.9. The molecule has 0 spiro atoms. The van der Waals surface area contributed by atoms with Crippen molar-refractivity contribution in [2.45, 2.75) is 23.0 Å². The highest BCUT2D eigenvalue weighted by molar-refractivity contribution is 8.00. The van der Waals surface area contributed by atoms with Crippen LogP contribution in [0.4, 0.5) is 0 Å². The van der Waals surface area contributed by atoms with Crippen LogP contribution in [0.5, 0.6) is 0 Å². The second-order valence-corrected chi connectivity index (χ2v) is 6.12. The van der Waals surface area contributed by atoms with E-state index >= 15 is 0 Å². The zero-order chi connectivity index (χ0) is 14.7. The Morgan fingerprint density at radius 2 is 2.33 bits per heavy atom. The van der Waals surface area contributed by atoms with E-state index in [1.165, 1.54) is 23.3 Å². The lowest BCUT2D eigenvalue weighted by Crippen LogP contribution is -2.00. The zero-order valence-corrected chi connectivity index (χ0v) is 12.9. The number of hydrogen-bond donors (Lipinski definition) is 0. The number of aromatic nitrogens is 6. The third-order valence-corrected chi connectivity index (χ3v) is 4.46. The Morgan fingerprint density at radius 3 is 3.00 bits per heavy atom. The third-order valence-electron chi connectivity index (χ3n) is 2.64. The second-order valence-electron chi connectivity index (χ2n) is 4.16. The predicted octanol–water partition coefficient (Wildman–Crippen LogP) is 2.84. The molecule has 0 N–H and O–H groups in total. The number of hydrogen-bond acceptors (Lipinski definition) is 7. The fraction of sp³-hybridized carbons (Fsp3) is 0.154. The molecule has 0 radical (unpaired) electrons. The van der Waals surface area contributed by atoms with Gasteiger partial charge in [-0.2, -0.15) is 4.37 Å². The number of nitrogens with zero attached hydrogens (tertiary/aromatic N) is 6. The predicted molar refractivity (Wildman–Crippen MR) is 82.2 cm³/mol. The van der Waals surface area contributed by atoms with Gasteiger partial charge in [0.2, 0.25) is 0 Å². The highest BCUT2D eigenvalue weighted by Crippen LogP contribution is 2.30. The third kappa shape index (κ3) is 3.01. The Balaban J connectivity index is 1.98. The molecule has 6 nitrogen and oxygen atoms in total. The number of aryl methyl sites for hydroxylation is 1. The molecule has 8 heteroatoms. The standard InChI is InChI=1S/C13H12N6S2/c1-3-7-19-11(10-5-4-6-14-8-10)16-17-12(19)20-13-15-9(2)18-21-13/h3-6,8H,1,7H2,2H3. The van der Waals surface area contributed by atoms with Gasteiger partial charge in [-0.1, -0.05) is 6.08 Å². The summed E-state index contributed by atoms with van der Waals surface area (Å²) >= 11 is 2.82. The zero-order valence-electron chi connectivity index (χ0n) is 11.3. The molecule has 3 aromatic rings. The molecule has 0 unspecified atom stereocenters. The summed E-state index contributed by atoms with van der Waals surface area (Å²) in [6.45, 7) is 6.29. The van der Waals surface area contributed by atoms with Crippen LogP contribution >= 0.6 is 23.3 Å². The van der Waals surface area contributed by atoms with Crippen LogP contribution in [-0.2, 0) is 6.54 Å². The Kier molecular flexibility index (Phi) is 4.07. The quantitative estimate of drug-likeness (QED) is 0.674. The molecule has 0 saturated carbocycles. The van der Waals surface area contributed by atoms with Crippen LogP contribution in [0.25, 0.3) is 11.4 Å². The van der Waals surface area contributed by atoms with Crippen LogP contribution in [0, 0.1) is 6.92 Å². The van der Waals surface area contributed by atoms with Crippen LogP contribution in [0.2, 0.25) is 0 Å². The molecule has 106 valence electrons. The van der Waals surface area contributed by atoms with E-state index in [4.69, 9.17) is 0 Å². The fourth-order valence-electron chi connectivity index (χ4n) is 1.76. The molecule has 0 fully saturated rings. The molecular weight excluding hydrogens is 304 g/mol. The maximum atomic E-state index is 4.34. The molecular formula is C13H12N6S2.